The number of esters is 1. The van der Waals surface area contributed by atoms with E-state index in [1.807, 2.05) is 13.0 Å². The molecule has 5 aromatic rings. The molecular formula is C32H26ClNO7S. The molecule has 5 rings (SSSR count). The molecule has 10 heteroatoms. The normalized spacial score (nSPS) is 11.3. The first kappa shape index (κ1) is 28.9. The van der Waals surface area contributed by atoms with E-state index in [0.717, 1.165) is 0 Å². The fourth-order valence-electron chi connectivity index (χ4n) is 4.47. The lowest BCUT2D eigenvalue weighted by atomic mass is 10.1. The number of halogens is 1. The van der Waals surface area contributed by atoms with E-state index in [1.54, 1.807) is 31.2 Å². The number of amides is 1. The Hall–Kier alpha value is -4.60. The summed E-state index contributed by atoms with van der Waals surface area (Å²) in [5.41, 5.74) is 1.17. The van der Waals surface area contributed by atoms with E-state index >= 15 is 0 Å². The average Bonchev–Trinajstić information content (AvgIpc) is 3.38. The summed E-state index contributed by atoms with van der Waals surface area (Å²) < 4.78 is 45.7. The smallest absolute Gasteiger partial charge is 0.342 e. The van der Waals surface area contributed by atoms with Crippen molar-refractivity contribution in [2.24, 2.45) is 0 Å². The van der Waals surface area contributed by atoms with Crippen LogP contribution in [0.5, 0.6) is 5.75 Å². The number of rotatable bonds is 9. The Balaban J connectivity index is 1.71. The maximum Gasteiger partial charge on any atom is 0.342 e. The van der Waals surface area contributed by atoms with E-state index in [1.165, 1.54) is 66.7 Å². The molecule has 4 aromatic carbocycles. The summed E-state index contributed by atoms with van der Waals surface area (Å²) >= 11 is 6.02. The SMILES string of the molecule is CCOC(=O)c1c(-c2ccccc2)oc2ccc(N(C(=O)c3ccc(Cl)cc3)S(=O)(=O)c3ccc(OCC)cc3)cc12. The Bertz CT molecular complexity index is 1850. The number of sulfonamides is 1. The van der Waals surface area contributed by atoms with Crippen LogP contribution in [0.25, 0.3) is 22.3 Å². The zero-order chi connectivity index (χ0) is 29.9. The molecule has 0 atom stereocenters. The Morgan fingerprint density at radius 3 is 2.19 bits per heavy atom. The highest BCUT2D eigenvalue weighted by atomic mass is 35.5. The van der Waals surface area contributed by atoms with Crippen molar-refractivity contribution in [1.82, 2.24) is 0 Å². The van der Waals surface area contributed by atoms with Crippen molar-refractivity contribution in [3.63, 3.8) is 0 Å². The molecule has 214 valence electrons. The molecule has 0 saturated carbocycles. The van der Waals surface area contributed by atoms with E-state index in [0.29, 0.717) is 38.2 Å². The number of furan rings is 1. The van der Waals surface area contributed by atoms with Crippen molar-refractivity contribution in [2.45, 2.75) is 18.7 Å². The summed E-state index contributed by atoms with van der Waals surface area (Å²) in [5, 5.41) is 0.681. The first-order valence-electron chi connectivity index (χ1n) is 13.1. The van der Waals surface area contributed by atoms with Gasteiger partial charge in [-0.3, -0.25) is 4.79 Å². The molecule has 0 aliphatic heterocycles. The van der Waals surface area contributed by atoms with Gasteiger partial charge >= 0.3 is 5.97 Å². The fourth-order valence-corrected chi connectivity index (χ4v) is 6.00. The molecule has 0 fully saturated rings. The third-order valence-corrected chi connectivity index (χ3v) is 8.35. The number of benzene rings is 4. The van der Waals surface area contributed by atoms with Gasteiger partial charge in [-0.1, -0.05) is 41.9 Å². The van der Waals surface area contributed by atoms with Crippen LogP contribution in [-0.4, -0.2) is 33.5 Å². The van der Waals surface area contributed by atoms with Gasteiger partial charge in [-0.2, -0.15) is 4.31 Å². The maximum absolute atomic E-state index is 14.1. The standard InChI is InChI=1S/C32H26ClNO7S/c1-3-39-25-15-17-26(18-16-25)42(37,38)34(31(35)22-10-12-23(33)13-11-22)24-14-19-28-27(20-24)29(32(36)40-4-2)30(41-28)21-8-6-5-7-9-21/h5-20H,3-4H2,1-2H3. The summed E-state index contributed by atoms with van der Waals surface area (Å²) in [6, 6.07) is 25.1. The van der Waals surface area contributed by atoms with E-state index < -0.39 is 21.9 Å². The molecule has 42 heavy (non-hydrogen) atoms. The third kappa shape index (κ3) is 5.61. The number of nitrogens with zero attached hydrogens (tertiary/aromatic N) is 1. The number of carbonyl (C=O) groups excluding carboxylic acids is 2. The number of hydrogen-bond donors (Lipinski definition) is 0. The quantitative estimate of drug-likeness (QED) is 0.162. The molecule has 0 aliphatic carbocycles. The molecule has 0 spiro atoms. The molecule has 0 saturated heterocycles. The van der Waals surface area contributed by atoms with Gasteiger partial charge in [0.05, 0.1) is 23.8 Å². The predicted octanol–water partition coefficient (Wildman–Crippen LogP) is 7.36. The average molecular weight is 604 g/mol. The lowest BCUT2D eigenvalue weighted by molar-refractivity contribution is 0.0528. The maximum atomic E-state index is 14.1. The van der Waals surface area contributed by atoms with Gasteiger partial charge in [-0.25, -0.2) is 13.2 Å². The van der Waals surface area contributed by atoms with E-state index in [-0.39, 0.29) is 34.1 Å². The van der Waals surface area contributed by atoms with Crippen LogP contribution >= 0.6 is 11.6 Å². The van der Waals surface area contributed by atoms with Crippen LogP contribution in [-0.2, 0) is 14.8 Å². The van der Waals surface area contributed by atoms with Gasteiger partial charge < -0.3 is 13.9 Å². The van der Waals surface area contributed by atoms with Crippen LogP contribution in [0.1, 0.15) is 34.6 Å². The van der Waals surface area contributed by atoms with E-state index in [9.17, 15) is 18.0 Å². The molecule has 0 unspecified atom stereocenters. The zero-order valence-electron chi connectivity index (χ0n) is 22.7. The minimum absolute atomic E-state index is 0.00212. The summed E-state index contributed by atoms with van der Waals surface area (Å²) in [5.74, 6) is -0.702. The topological polar surface area (TPSA) is 103 Å². The number of fused-ring (bicyclic) bond motifs is 1. The zero-order valence-corrected chi connectivity index (χ0v) is 24.3. The van der Waals surface area contributed by atoms with Crippen LogP contribution in [0.4, 0.5) is 5.69 Å². The predicted molar refractivity (Wildman–Crippen MR) is 161 cm³/mol. The van der Waals surface area contributed by atoms with Crippen molar-refractivity contribution < 1.29 is 31.9 Å². The largest absolute Gasteiger partial charge is 0.494 e. The fraction of sp³-hybridized carbons (Fsp3) is 0.125. The summed E-state index contributed by atoms with van der Waals surface area (Å²) in [4.78, 5) is 26.9. The third-order valence-electron chi connectivity index (χ3n) is 6.37. The minimum atomic E-state index is -4.45. The first-order valence-corrected chi connectivity index (χ1v) is 14.9. The molecule has 8 nitrogen and oxygen atoms in total. The summed E-state index contributed by atoms with van der Waals surface area (Å²) in [6.45, 7) is 4.03. The molecule has 1 aromatic heterocycles. The van der Waals surface area contributed by atoms with E-state index in [2.05, 4.69) is 0 Å². The second-order valence-corrected chi connectivity index (χ2v) is 11.3. The summed E-state index contributed by atoms with van der Waals surface area (Å²) in [7, 11) is -4.45. The molecule has 1 amide bonds. The number of hydrogen-bond acceptors (Lipinski definition) is 7. The van der Waals surface area contributed by atoms with Crippen LogP contribution in [0.2, 0.25) is 5.02 Å². The van der Waals surface area contributed by atoms with Crippen molar-refractivity contribution in [3.8, 4) is 17.1 Å². The molecular weight excluding hydrogens is 578 g/mol. The van der Waals surface area contributed by atoms with Gasteiger partial charge in [-0.15, -0.1) is 0 Å². The van der Waals surface area contributed by atoms with Gasteiger partial charge in [0.2, 0.25) is 0 Å². The van der Waals surface area contributed by atoms with Gasteiger partial charge in [0.1, 0.15) is 22.7 Å². The Morgan fingerprint density at radius 2 is 1.55 bits per heavy atom. The number of carbonyl (C=O) groups is 2. The van der Waals surface area contributed by atoms with Crippen molar-refractivity contribution in [2.75, 3.05) is 17.5 Å². The lowest BCUT2D eigenvalue weighted by Gasteiger charge is -2.23. The van der Waals surface area contributed by atoms with Gasteiger partial charge in [0, 0.05) is 21.5 Å². The van der Waals surface area contributed by atoms with Crippen LogP contribution in [0, 0.1) is 0 Å². The van der Waals surface area contributed by atoms with Crippen molar-refractivity contribution in [1.29, 1.82) is 0 Å². The van der Waals surface area contributed by atoms with Crippen LogP contribution in [0.15, 0.2) is 106 Å². The van der Waals surface area contributed by atoms with Crippen molar-refractivity contribution >= 4 is 50.2 Å². The first-order chi connectivity index (χ1) is 20.2. The monoisotopic (exact) mass is 603 g/mol. The molecule has 1 heterocycles. The highest BCUT2D eigenvalue weighted by Gasteiger charge is 2.33. The minimum Gasteiger partial charge on any atom is -0.494 e. The number of anilines is 1. The Morgan fingerprint density at radius 1 is 0.857 bits per heavy atom. The summed E-state index contributed by atoms with van der Waals surface area (Å²) in [6.07, 6.45) is 0. The molecule has 0 aliphatic rings. The molecule has 0 bridgehead atoms. The molecule has 0 radical (unpaired) electrons. The second-order valence-electron chi connectivity index (χ2n) is 9.06. The van der Waals surface area contributed by atoms with Crippen LogP contribution in [0.3, 0.4) is 0 Å². The van der Waals surface area contributed by atoms with Crippen LogP contribution < -0.4 is 9.04 Å². The van der Waals surface area contributed by atoms with Gasteiger partial charge in [0.25, 0.3) is 15.9 Å². The highest BCUT2D eigenvalue weighted by molar-refractivity contribution is 7.93. The van der Waals surface area contributed by atoms with Gasteiger partial charge in [-0.05, 0) is 80.6 Å². The Labute approximate surface area is 248 Å². The Kier molecular flexibility index (Phi) is 8.33. The lowest BCUT2D eigenvalue weighted by Crippen LogP contribution is -2.37. The van der Waals surface area contributed by atoms with E-state index in [4.69, 9.17) is 25.5 Å². The van der Waals surface area contributed by atoms with Crippen molar-refractivity contribution in [3.05, 3.63) is 113 Å². The number of ether oxygens (including phenoxy) is 2. The second kappa shape index (κ2) is 12.1. The molecule has 0 N–H and O–H groups in total. The highest BCUT2D eigenvalue weighted by Crippen LogP contribution is 2.38. The van der Waals surface area contributed by atoms with Gasteiger partial charge in [0.15, 0.2) is 0 Å².